The Morgan fingerprint density at radius 2 is 2.44 bits per heavy atom. The van der Waals surface area contributed by atoms with Gasteiger partial charge in [0.25, 0.3) is 0 Å². The fourth-order valence-corrected chi connectivity index (χ4v) is 2.44. The van der Waals surface area contributed by atoms with Crippen LogP contribution in [0.4, 0.5) is 0 Å². The number of rotatable bonds is 3. The van der Waals surface area contributed by atoms with Gasteiger partial charge in [0.15, 0.2) is 6.10 Å². The smallest absolute Gasteiger partial charge is 0.156 e. The van der Waals surface area contributed by atoms with E-state index in [2.05, 4.69) is 11.0 Å². The third kappa shape index (κ3) is 3.01. The maximum Gasteiger partial charge on any atom is 0.156 e. The molecular weight excluding hydrogens is 250 g/mol. The van der Waals surface area contributed by atoms with E-state index in [4.69, 9.17) is 27.3 Å². The van der Waals surface area contributed by atoms with E-state index in [0.29, 0.717) is 24.7 Å². The first-order valence-corrected chi connectivity index (χ1v) is 6.33. The fourth-order valence-electron chi connectivity index (χ4n) is 2.24. The second-order valence-electron chi connectivity index (χ2n) is 4.29. The van der Waals surface area contributed by atoms with Gasteiger partial charge in [-0.2, -0.15) is 5.26 Å². The molecule has 18 heavy (non-hydrogen) atoms. The number of benzene rings is 1. The first-order chi connectivity index (χ1) is 8.74. The highest BCUT2D eigenvalue weighted by Crippen LogP contribution is 2.24. The Hall–Kier alpha value is -1.12. The van der Waals surface area contributed by atoms with Gasteiger partial charge in [0.2, 0.25) is 0 Å². The first-order valence-electron chi connectivity index (χ1n) is 5.95. The summed E-state index contributed by atoms with van der Waals surface area (Å²) >= 11 is 6.00. The topological polar surface area (TPSA) is 62.3 Å². The molecule has 5 heteroatoms. The van der Waals surface area contributed by atoms with Crippen molar-refractivity contribution in [3.05, 3.63) is 34.9 Å². The minimum absolute atomic E-state index is 0.0865. The molecule has 0 saturated carbocycles. The zero-order valence-electron chi connectivity index (χ0n) is 10.1. The van der Waals surface area contributed by atoms with Gasteiger partial charge in [0.05, 0.1) is 12.7 Å². The van der Waals surface area contributed by atoms with Crippen LogP contribution in [-0.4, -0.2) is 37.2 Å². The lowest BCUT2D eigenvalue weighted by atomic mass is 10.0. The van der Waals surface area contributed by atoms with E-state index in [1.54, 1.807) is 0 Å². The average molecular weight is 266 g/mol. The van der Waals surface area contributed by atoms with Gasteiger partial charge in [-0.15, -0.1) is 0 Å². The summed E-state index contributed by atoms with van der Waals surface area (Å²) < 4.78 is 5.34. The van der Waals surface area contributed by atoms with Crippen LogP contribution in [0.1, 0.15) is 11.6 Å². The summed E-state index contributed by atoms with van der Waals surface area (Å²) in [5.74, 6) is 0. The lowest BCUT2D eigenvalue weighted by Gasteiger charge is -2.36. The van der Waals surface area contributed by atoms with E-state index in [0.717, 1.165) is 12.1 Å². The Balaban J connectivity index is 2.16. The number of hydrogen-bond acceptors (Lipinski definition) is 4. The molecule has 4 nitrogen and oxygen atoms in total. The molecule has 1 aliphatic rings. The average Bonchev–Trinajstić information content (AvgIpc) is 2.40. The number of morpholine rings is 1. The van der Waals surface area contributed by atoms with E-state index >= 15 is 0 Å². The van der Waals surface area contributed by atoms with Crippen LogP contribution in [0.15, 0.2) is 24.3 Å². The third-order valence-corrected chi connectivity index (χ3v) is 3.37. The summed E-state index contributed by atoms with van der Waals surface area (Å²) in [6.45, 7) is 2.44. The molecule has 1 fully saturated rings. The SMILES string of the molecule is N#CC1CN(C(CN)c2cccc(Cl)c2)CCO1. The molecule has 1 aromatic carbocycles. The highest BCUT2D eigenvalue weighted by Gasteiger charge is 2.26. The number of nitrogens with zero attached hydrogens (tertiary/aromatic N) is 2. The molecular formula is C13H16ClN3O. The largest absolute Gasteiger partial charge is 0.361 e. The van der Waals surface area contributed by atoms with Crippen molar-refractivity contribution in [2.45, 2.75) is 12.1 Å². The second-order valence-corrected chi connectivity index (χ2v) is 4.73. The normalized spacial score (nSPS) is 22.4. The fraction of sp³-hybridized carbons (Fsp3) is 0.462. The van der Waals surface area contributed by atoms with Crippen molar-refractivity contribution in [1.29, 1.82) is 5.26 Å². The van der Waals surface area contributed by atoms with Crippen molar-refractivity contribution in [2.75, 3.05) is 26.2 Å². The number of nitrogens with two attached hydrogens (primary N) is 1. The van der Waals surface area contributed by atoms with Crippen molar-refractivity contribution in [2.24, 2.45) is 5.73 Å². The molecule has 0 amide bonds. The molecule has 0 spiro atoms. The standard InChI is InChI=1S/C13H16ClN3O/c14-11-3-1-2-10(6-11)13(8-16)17-4-5-18-12(7-15)9-17/h1-3,6,12-13H,4-5,8-9,16H2. The van der Waals surface area contributed by atoms with Gasteiger partial charge < -0.3 is 10.5 Å². The number of hydrogen-bond donors (Lipinski definition) is 1. The zero-order valence-corrected chi connectivity index (χ0v) is 10.8. The van der Waals surface area contributed by atoms with E-state index in [1.165, 1.54) is 0 Å². The van der Waals surface area contributed by atoms with Crippen LogP contribution >= 0.6 is 11.6 Å². The quantitative estimate of drug-likeness (QED) is 0.901. The molecule has 1 aliphatic heterocycles. The van der Waals surface area contributed by atoms with Gasteiger partial charge in [-0.05, 0) is 17.7 Å². The van der Waals surface area contributed by atoms with Gasteiger partial charge in [-0.25, -0.2) is 0 Å². The summed E-state index contributed by atoms with van der Waals surface area (Å²) in [5.41, 5.74) is 6.95. The molecule has 2 N–H and O–H groups in total. The van der Waals surface area contributed by atoms with E-state index in [9.17, 15) is 0 Å². The zero-order chi connectivity index (χ0) is 13.0. The molecule has 0 radical (unpaired) electrons. The molecule has 0 aliphatic carbocycles. The molecule has 0 bridgehead atoms. The summed E-state index contributed by atoms with van der Waals surface area (Å²) in [7, 11) is 0. The first kappa shape index (κ1) is 13.3. The van der Waals surface area contributed by atoms with Gasteiger partial charge in [0, 0.05) is 30.7 Å². The second kappa shape index (κ2) is 6.17. The summed E-state index contributed by atoms with van der Waals surface area (Å²) in [6, 6.07) is 9.93. The van der Waals surface area contributed by atoms with Crippen LogP contribution in [0.2, 0.25) is 5.02 Å². The van der Waals surface area contributed by atoms with Crippen molar-refractivity contribution in [3.8, 4) is 6.07 Å². The van der Waals surface area contributed by atoms with Crippen LogP contribution in [0, 0.1) is 11.3 Å². The van der Waals surface area contributed by atoms with Crippen LogP contribution in [0.5, 0.6) is 0 Å². The molecule has 1 heterocycles. The lowest BCUT2D eigenvalue weighted by molar-refractivity contribution is -0.0161. The van der Waals surface area contributed by atoms with Gasteiger partial charge in [-0.1, -0.05) is 23.7 Å². The van der Waals surface area contributed by atoms with Crippen molar-refractivity contribution in [3.63, 3.8) is 0 Å². The van der Waals surface area contributed by atoms with Gasteiger partial charge >= 0.3 is 0 Å². The lowest BCUT2D eigenvalue weighted by Crippen LogP contribution is -2.45. The van der Waals surface area contributed by atoms with E-state index < -0.39 is 0 Å². The Kier molecular flexibility index (Phi) is 4.56. The Morgan fingerprint density at radius 3 is 3.11 bits per heavy atom. The minimum Gasteiger partial charge on any atom is -0.361 e. The molecule has 2 rings (SSSR count). The van der Waals surface area contributed by atoms with E-state index in [-0.39, 0.29) is 12.1 Å². The molecule has 96 valence electrons. The van der Waals surface area contributed by atoms with Crippen molar-refractivity contribution >= 4 is 11.6 Å². The van der Waals surface area contributed by atoms with Gasteiger partial charge in [0.1, 0.15) is 0 Å². The highest BCUT2D eigenvalue weighted by molar-refractivity contribution is 6.30. The van der Waals surface area contributed by atoms with Crippen molar-refractivity contribution in [1.82, 2.24) is 4.90 Å². The van der Waals surface area contributed by atoms with Crippen LogP contribution < -0.4 is 5.73 Å². The van der Waals surface area contributed by atoms with Gasteiger partial charge in [-0.3, -0.25) is 4.90 Å². The van der Waals surface area contributed by atoms with E-state index in [1.807, 2.05) is 24.3 Å². The molecule has 2 atom stereocenters. The van der Waals surface area contributed by atoms with Crippen LogP contribution in [-0.2, 0) is 4.74 Å². The maximum absolute atomic E-state index is 8.92. The third-order valence-electron chi connectivity index (χ3n) is 3.14. The van der Waals surface area contributed by atoms with Crippen LogP contribution in [0.3, 0.4) is 0 Å². The Labute approximate surface area is 112 Å². The summed E-state index contributed by atoms with van der Waals surface area (Å²) in [4.78, 5) is 2.18. The number of nitriles is 1. The predicted octanol–water partition coefficient (Wildman–Crippen LogP) is 1.56. The number of halogens is 1. The number of ether oxygens (including phenoxy) is 1. The minimum atomic E-state index is -0.369. The molecule has 0 aromatic heterocycles. The molecule has 2 unspecified atom stereocenters. The van der Waals surface area contributed by atoms with Crippen molar-refractivity contribution < 1.29 is 4.74 Å². The monoisotopic (exact) mass is 265 g/mol. The summed E-state index contributed by atoms with van der Waals surface area (Å²) in [5, 5.41) is 9.63. The molecule has 1 aromatic rings. The molecule has 1 saturated heterocycles. The highest BCUT2D eigenvalue weighted by atomic mass is 35.5. The predicted molar refractivity (Wildman–Crippen MR) is 70.2 cm³/mol. The Morgan fingerprint density at radius 1 is 1.61 bits per heavy atom. The summed E-state index contributed by atoms with van der Waals surface area (Å²) in [6.07, 6.45) is -0.369. The maximum atomic E-state index is 8.92. The Bertz CT molecular complexity index is 446. The van der Waals surface area contributed by atoms with Crippen LogP contribution in [0.25, 0.3) is 0 Å².